The van der Waals surface area contributed by atoms with E-state index in [9.17, 15) is 4.79 Å². The molecule has 0 bridgehead atoms. The Kier molecular flexibility index (Phi) is 4.96. The number of likely N-dealkylation sites (tertiary alicyclic amines) is 1. The number of hydrogen-bond donors (Lipinski definition) is 1. The summed E-state index contributed by atoms with van der Waals surface area (Å²) >= 11 is 0. The molecule has 154 valence electrons. The Morgan fingerprint density at radius 2 is 2.03 bits per heavy atom. The van der Waals surface area contributed by atoms with E-state index in [1.807, 2.05) is 47.5 Å². The number of fused-ring (bicyclic) bond motifs is 1. The average Bonchev–Trinajstić information content (AvgIpc) is 3.50. The standard InChI is InChI=1S/C22H23N5O3/c28-22(24-15-16-6-8-23-21(13-16)27-10-2-7-25-27)26-9-1-3-18(26)17-4-5-19-20(14-17)30-12-11-29-19/h2,4-8,10,13-14,18H,1,3,9,11-12,15H2,(H,24,28). The number of rotatable bonds is 4. The summed E-state index contributed by atoms with van der Waals surface area (Å²) in [4.78, 5) is 19.2. The molecule has 0 radical (unpaired) electrons. The number of carbonyl (C=O) groups is 1. The first kappa shape index (κ1) is 18.5. The van der Waals surface area contributed by atoms with E-state index in [1.54, 1.807) is 17.1 Å². The van der Waals surface area contributed by atoms with Crippen LogP contribution in [-0.4, -0.2) is 45.5 Å². The van der Waals surface area contributed by atoms with Crippen molar-refractivity contribution in [2.45, 2.75) is 25.4 Å². The molecule has 5 rings (SSSR count). The third-order valence-corrected chi connectivity index (χ3v) is 5.46. The van der Waals surface area contributed by atoms with Gasteiger partial charge in [-0.2, -0.15) is 5.10 Å². The molecule has 0 aliphatic carbocycles. The van der Waals surface area contributed by atoms with Crippen molar-refractivity contribution >= 4 is 6.03 Å². The fourth-order valence-corrected chi connectivity index (χ4v) is 4.00. The predicted molar refractivity (Wildman–Crippen MR) is 110 cm³/mol. The predicted octanol–water partition coefficient (Wildman–Crippen LogP) is 3.09. The lowest BCUT2D eigenvalue weighted by Gasteiger charge is -2.27. The van der Waals surface area contributed by atoms with Gasteiger partial charge in [-0.1, -0.05) is 6.07 Å². The molecule has 2 aliphatic heterocycles. The maximum Gasteiger partial charge on any atom is 0.318 e. The molecule has 4 heterocycles. The van der Waals surface area contributed by atoms with Crippen LogP contribution in [0.25, 0.3) is 5.82 Å². The normalized spacial score (nSPS) is 17.7. The van der Waals surface area contributed by atoms with Gasteiger partial charge in [-0.05, 0) is 54.3 Å². The van der Waals surface area contributed by atoms with Gasteiger partial charge in [0.15, 0.2) is 17.3 Å². The van der Waals surface area contributed by atoms with Crippen molar-refractivity contribution < 1.29 is 14.3 Å². The third-order valence-electron chi connectivity index (χ3n) is 5.46. The Hall–Kier alpha value is -3.55. The van der Waals surface area contributed by atoms with Gasteiger partial charge in [0.05, 0.1) is 6.04 Å². The van der Waals surface area contributed by atoms with Crippen LogP contribution in [0.1, 0.15) is 30.0 Å². The minimum absolute atomic E-state index is 0.0397. The quantitative estimate of drug-likeness (QED) is 0.721. The van der Waals surface area contributed by atoms with E-state index in [4.69, 9.17) is 9.47 Å². The van der Waals surface area contributed by atoms with Crippen molar-refractivity contribution in [1.29, 1.82) is 0 Å². The van der Waals surface area contributed by atoms with E-state index in [0.29, 0.717) is 19.8 Å². The van der Waals surface area contributed by atoms with Crippen LogP contribution in [0.2, 0.25) is 0 Å². The van der Waals surface area contributed by atoms with E-state index < -0.39 is 0 Å². The second kappa shape index (κ2) is 8.06. The fourth-order valence-electron chi connectivity index (χ4n) is 4.00. The van der Waals surface area contributed by atoms with Gasteiger partial charge >= 0.3 is 6.03 Å². The van der Waals surface area contributed by atoms with Crippen molar-refractivity contribution in [3.63, 3.8) is 0 Å². The van der Waals surface area contributed by atoms with Crippen molar-refractivity contribution in [3.8, 4) is 17.3 Å². The number of amides is 2. The first-order valence-corrected chi connectivity index (χ1v) is 10.2. The van der Waals surface area contributed by atoms with Crippen molar-refractivity contribution in [2.24, 2.45) is 0 Å². The molecule has 3 aromatic rings. The fraction of sp³-hybridized carbons (Fsp3) is 0.318. The molecule has 2 aromatic heterocycles. The van der Waals surface area contributed by atoms with Crippen LogP contribution in [0, 0.1) is 0 Å². The summed E-state index contributed by atoms with van der Waals surface area (Å²) in [6.07, 6.45) is 7.19. The minimum Gasteiger partial charge on any atom is -0.486 e. The summed E-state index contributed by atoms with van der Waals surface area (Å²) in [6.45, 7) is 2.29. The zero-order valence-corrected chi connectivity index (χ0v) is 16.5. The Morgan fingerprint density at radius 3 is 2.90 bits per heavy atom. The maximum atomic E-state index is 12.9. The second-order valence-corrected chi connectivity index (χ2v) is 7.39. The van der Waals surface area contributed by atoms with Gasteiger partial charge < -0.3 is 19.7 Å². The van der Waals surface area contributed by atoms with Gasteiger partial charge in [-0.25, -0.2) is 14.5 Å². The number of aromatic nitrogens is 3. The molecule has 8 heteroatoms. The Morgan fingerprint density at radius 1 is 1.13 bits per heavy atom. The maximum absolute atomic E-state index is 12.9. The molecule has 1 saturated heterocycles. The van der Waals surface area contributed by atoms with Crippen LogP contribution in [-0.2, 0) is 6.54 Å². The minimum atomic E-state index is -0.0650. The van der Waals surface area contributed by atoms with Crippen LogP contribution in [0.5, 0.6) is 11.5 Å². The SMILES string of the molecule is O=C(NCc1ccnc(-n2cccn2)c1)N1CCCC1c1ccc2c(c1)OCCO2. The van der Waals surface area contributed by atoms with Crippen molar-refractivity contribution in [1.82, 2.24) is 25.0 Å². The Bertz CT molecular complexity index is 1040. The smallest absolute Gasteiger partial charge is 0.318 e. The van der Waals surface area contributed by atoms with Gasteiger partial charge in [0.2, 0.25) is 0 Å². The first-order valence-electron chi connectivity index (χ1n) is 10.2. The lowest BCUT2D eigenvalue weighted by Crippen LogP contribution is -2.39. The summed E-state index contributed by atoms with van der Waals surface area (Å²) in [5.41, 5.74) is 2.05. The first-order chi connectivity index (χ1) is 14.8. The lowest BCUT2D eigenvalue weighted by molar-refractivity contribution is 0.170. The molecule has 1 N–H and O–H groups in total. The van der Waals surface area contributed by atoms with Crippen LogP contribution in [0.15, 0.2) is 55.0 Å². The number of nitrogens with zero attached hydrogens (tertiary/aromatic N) is 4. The van der Waals surface area contributed by atoms with Crippen LogP contribution < -0.4 is 14.8 Å². The van der Waals surface area contributed by atoms with E-state index in [1.165, 1.54) is 0 Å². The summed E-state index contributed by atoms with van der Waals surface area (Å²) in [6, 6.07) is 11.6. The Labute approximate surface area is 174 Å². The Balaban J connectivity index is 1.26. The number of benzene rings is 1. The number of hydrogen-bond acceptors (Lipinski definition) is 5. The van der Waals surface area contributed by atoms with E-state index in [2.05, 4.69) is 15.4 Å². The van der Waals surface area contributed by atoms with Gasteiger partial charge in [-0.15, -0.1) is 0 Å². The third kappa shape index (κ3) is 3.68. The van der Waals surface area contributed by atoms with Crippen LogP contribution in [0.3, 0.4) is 0 Å². The molecule has 1 aromatic carbocycles. The van der Waals surface area contributed by atoms with Crippen LogP contribution in [0.4, 0.5) is 4.79 Å². The topological polar surface area (TPSA) is 81.5 Å². The van der Waals surface area contributed by atoms with E-state index in [-0.39, 0.29) is 12.1 Å². The summed E-state index contributed by atoms with van der Waals surface area (Å²) in [5, 5.41) is 7.25. The monoisotopic (exact) mass is 405 g/mol. The zero-order valence-electron chi connectivity index (χ0n) is 16.5. The van der Waals surface area contributed by atoms with Gasteiger partial charge in [-0.3, -0.25) is 0 Å². The largest absolute Gasteiger partial charge is 0.486 e. The molecule has 1 atom stereocenters. The number of pyridine rings is 1. The molecule has 0 spiro atoms. The van der Waals surface area contributed by atoms with Crippen LogP contribution >= 0.6 is 0 Å². The van der Waals surface area contributed by atoms with Gasteiger partial charge in [0, 0.05) is 31.7 Å². The molecule has 30 heavy (non-hydrogen) atoms. The molecule has 1 fully saturated rings. The van der Waals surface area contributed by atoms with Crippen molar-refractivity contribution in [3.05, 3.63) is 66.1 Å². The highest BCUT2D eigenvalue weighted by Crippen LogP contribution is 2.38. The molecular formula is C22H23N5O3. The molecule has 2 amide bonds. The van der Waals surface area contributed by atoms with E-state index in [0.717, 1.165) is 47.8 Å². The second-order valence-electron chi connectivity index (χ2n) is 7.39. The lowest BCUT2D eigenvalue weighted by atomic mass is 10.0. The number of nitrogens with one attached hydrogen (secondary N) is 1. The highest BCUT2D eigenvalue weighted by Gasteiger charge is 2.30. The zero-order chi connectivity index (χ0) is 20.3. The van der Waals surface area contributed by atoms with E-state index >= 15 is 0 Å². The number of carbonyl (C=O) groups excluding carboxylic acids is 1. The number of urea groups is 1. The number of ether oxygens (including phenoxy) is 2. The van der Waals surface area contributed by atoms with Gasteiger partial charge in [0.1, 0.15) is 13.2 Å². The van der Waals surface area contributed by atoms with Crippen molar-refractivity contribution in [2.75, 3.05) is 19.8 Å². The molecule has 8 nitrogen and oxygen atoms in total. The summed E-state index contributed by atoms with van der Waals surface area (Å²) < 4.78 is 13.0. The molecule has 0 saturated carbocycles. The average molecular weight is 405 g/mol. The highest BCUT2D eigenvalue weighted by molar-refractivity contribution is 5.75. The summed E-state index contributed by atoms with van der Waals surface area (Å²) in [5.74, 6) is 2.25. The van der Waals surface area contributed by atoms with Gasteiger partial charge in [0.25, 0.3) is 0 Å². The summed E-state index contributed by atoms with van der Waals surface area (Å²) in [7, 11) is 0. The molecule has 1 unspecified atom stereocenters. The molecule has 2 aliphatic rings. The highest BCUT2D eigenvalue weighted by atomic mass is 16.6. The molecular weight excluding hydrogens is 382 g/mol.